The van der Waals surface area contributed by atoms with Crippen molar-refractivity contribution in [2.45, 2.75) is 66.5 Å². The molecule has 0 saturated heterocycles. The average Bonchev–Trinajstić information content (AvgIpc) is 2.61. The van der Waals surface area contributed by atoms with Gasteiger partial charge in [-0.15, -0.1) is 0 Å². The molecule has 9 heteroatoms. The first-order valence-corrected chi connectivity index (χ1v) is 9.45. The van der Waals surface area contributed by atoms with Crippen LogP contribution in [0.3, 0.4) is 0 Å². The van der Waals surface area contributed by atoms with Gasteiger partial charge in [-0.05, 0) is 24.3 Å². The number of rotatable bonds is 2. The molecule has 0 atom stereocenters. The third-order valence-electron chi connectivity index (χ3n) is 4.01. The first-order valence-electron chi connectivity index (χ1n) is 9.45. The van der Waals surface area contributed by atoms with Crippen molar-refractivity contribution in [3.05, 3.63) is 55.4 Å². The summed E-state index contributed by atoms with van der Waals surface area (Å²) in [4.78, 5) is 23.0. The zero-order valence-electron chi connectivity index (χ0n) is 18.5. The molecular formula is C20H31F3N4O2. The van der Waals surface area contributed by atoms with Crippen molar-refractivity contribution in [3.8, 4) is 0 Å². The number of alkyl halides is 3. The van der Waals surface area contributed by atoms with Crippen LogP contribution in [0, 0.1) is 6.92 Å². The molecule has 2 heterocycles. The summed E-state index contributed by atoms with van der Waals surface area (Å²) in [6.45, 7) is 13.1. The van der Waals surface area contributed by atoms with Crippen LogP contribution in [0.2, 0.25) is 0 Å². The van der Waals surface area contributed by atoms with Gasteiger partial charge < -0.3 is 0 Å². The Morgan fingerprint density at radius 2 is 1.21 bits per heavy atom. The molecule has 2 rings (SSSR count). The van der Waals surface area contributed by atoms with Crippen molar-refractivity contribution >= 4 is 0 Å². The monoisotopic (exact) mass is 416 g/mol. The molecule has 0 radical (unpaired) electrons. The van der Waals surface area contributed by atoms with Gasteiger partial charge in [0, 0.05) is 25.2 Å². The van der Waals surface area contributed by atoms with Gasteiger partial charge in [0.1, 0.15) is 0 Å². The Balaban J connectivity index is 0.000000508. The SMILES string of the molecule is CC.CC(C)c1c(C(F)(F)F)cnn(C)c1=O.Cc1cnn(C)c(=O)c1C(C)C. The predicted octanol–water partition coefficient (Wildman–Crippen LogP) is 4.16. The van der Waals surface area contributed by atoms with E-state index < -0.39 is 23.2 Å². The molecule has 0 aliphatic carbocycles. The quantitative estimate of drug-likeness (QED) is 0.737. The fourth-order valence-corrected chi connectivity index (χ4v) is 2.68. The van der Waals surface area contributed by atoms with Crippen LogP contribution in [-0.4, -0.2) is 19.6 Å². The molecule has 0 amide bonds. The molecule has 2 aromatic heterocycles. The van der Waals surface area contributed by atoms with E-state index in [9.17, 15) is 22.8 Å². The highest BCUT2D eigenvalue weighted by molar-refractivity contribution is 5.27. The van der Waals surface area contributed by atoms with Crippen LogP contribution >= 0.6 is 0 Å². The second-order valence-corrected chi connectivity index (χ2v) is 6.88. The Labute approximate surface area is 169 Å². The van der Waals surface area contributed by atoms with E-state index in [0.29, 0.717) is 6.20 Å². The standard InChI is InChI=1S/C9H11F3N2O.C9H14N2O.C2H6/c1-5(2)7-6(9(10,11)12)4-13-14(3)8(7)15;1-6(2)8-7(3)5-10-11(4)9(8)12;1-2/h4-5H,1-3H3;5-6H,1-4H3;1-2H3. The molecule has 164 valence electrons. The summed E-state index contributed by atoms with van der Waals surface area (Å²) in [6.07, 6.45) is -2.10. The van der Waals surface area contributed by atoms with Gasteiger partial charge in [-0.3, -0.25) is 9.59 Å². The summed E-state index contributed by atoms with van der Waals surface area (Å²) in [5, 5.41) is 7.30. The average molecular weight is 416 g/mol. The number of aromatic nitrogens is 4. The molecule has 0 bridgehead atoms. The van der Waals surface area contributed by atoms with Gasteiger partial charge in [-0.1, -0.05) is 41.5 Å². The van der Waals surface area contributed by atoms with Gasteiger partial charge in [0.2, 0.25) is 0 Å². The van der Waals surface area contributed by atoms with Crippen molar-refractivity contribution < 1.29 is 13.2 Å². The zero-order chi connectivity index (χ0) is 23.1. The normalized spacial score (nSPS) is 11.0. The van der Waals surface area contributed by atoms with Crippen LogP contribution in [0.25, 0.3) is 0 Å². The van der Waals surface area contributed by atoms with Crippen LogP contribution in [0.15, 0.2) is 22.0 Å². The van der Waals surface area contributed by atoms with E-state index in [1.54, 1.807) is 27.1 Å². The lowest BCUT2D eigenvalue weighted by molar-refractivity contribution is -0.138. The third-order valence-corrected chi connectivity index (χ3v) is 4.01. The van der Waals surface area contributed by atoms with E-state index in [-0.39, 0.29) is 17.0 Å². The summed E-state index contributed by atoms with van der Waals surface area (Å²) >= 11 is 0. The topological polar surface area (TPSA) is 69.8 Å². The van der Waals surface area contributed by atoms with E-state index in [0.717, 1.165) is 15.8 Å². The highest BCUT2D eigenvalue weighted by Gasteiger charge is 2.36. The summed E-state index contributed by atoms with van der Waals surface area (Å²) in [5.41, 5.74) is -0.00831. The molecule has 0 saturated carbocycles. The first kappa shape index (κ1) is 26.6. The molecule has 29 heavy (non-hydrogen) atoms. The summed E-state index contributed by atoms with van der Waals surface area (Å²) in [6, 6.07) is 0. The van der Waals surface area contributed by atoms with E-state index in [2.05, 4.69) is 10.2 Å². The molecule has 0 aliphatic rings. The van der Waals surface area contributed by atoms with Crippen molar-refractivity contribution in [1.29, 1.82) is 0 Å². The van der Waals surface area contributed by atoms with Gasteiger partial charge in [0.15, 0.2) is 0 Å². The minimum atomic E-state index is -4.53. The van der Waals surface area contributed by atoms with Crippen LogP contribution in [-0.2, 0) is 20.3 Å². The highest BCUT2D eigenvalue weighted by Crippen LogP contribution is 2.32. The number of halogens is 3. The molecule has 0 unspecified atom stereocenters. The number of nitrogens with zero attached hydrogens (tertiary/aromatic N) is 4. The summed E-state index contributed by atoms with van der Waals surface area (Å²) in [7, 11) is 3.00. The van der Waals surface area contributed by atoms with E-state index in [1.807, 2.05) is 34.6 Å². The number of hydrogen-bond acceptors (Lipinski definition) is 4. The maximum absolute atomic E-state index is 12.5. The fraction of sp³-hybridized carbons (Fsp3) is 0.600. The second-order valence-electron chi connectivity index (χ2n) is 6.88. The number of hydrogen-bond donors (Lipinski definition) is 0. The van der Waals surface area contributed by atoms with Gasteiger partial charge >= 0.3 is 6.18 Å². The largest absolute Gasteiger partial charge is 0.418 e. The lowest BCUT2D eigenvalue weighted by atomic mass is 10.00. The Morgan fingerprint density at radius 3 is 1.55 bits per heavy atom. The van der Waals surface area contributed by atoms with Crippen LogP contribution < -0.4 is 11.1 Å². The van der Waals surface area contributed by atoms with E-state index >= 15 is 0 Å². The maximum atomic E-state index is 12.5. The molecule has 0 spiro atoms. The Bertz CT molecular complexity index is 913. The van der Waals surface area contributed by atoms with Crippen LogP contribution in [0.1, 0.15) is 75.6 Å². The van der Waals surface area contributed by atoms with Crippen molar-refractivity contribution in [2.75, 3.05) is 0 Å². The third kappa shape index (κ3) is 6.83. The summed E-state index contributed by atoms with van der Waals surface area (Å²) in [5.74, 6) is -0.213. The Morgan fingerprint density at radius 1 is 0.828 bits per heavy atom. The maximum Gasteiger partial charge on any atom is 0.418 e. The molecule has 0 fully saturated rings. The Hall–Kier alpha value is -2.45. The predicted molar refractivity (Wildman–Crippen MR) is 108 cm³/mol. The molecule has 2 aromatic rings. The summed E-state index contributed by atoms with van der Waals surface area (Å²) < 4.78 is 39.9. The van der Waals surface area contributed by atoms with Gasteiger partial charge in [0.05, 0.1) is 18.0 Å². The van der Waals surface area contributed by atoms with Gasteiger partial charge in [-0.25, -0.2) is 9.36 Å². The molecule has 0 aromatic carbocycles. The molecule has 0 aliphatic heterocycles. The zero-order valence-corrected chi connectivity index (χ0v) is 18.5. The van der Waals surface area contributed by atoms with Gasteiger partial charge in [-0.2, -0.15) is 23.4 Å². The minimum absolute atomic E-state index is 0.0185. The lowest BCUT2D eigenvalue weighted by Gasteiger charge is -2.14. The molecule has 0 N–H and O–H groups in total. The smallest absolute Gasteiger partial charge is 0.267 e. The van der Waals surface area contributed by atoms with E-state index in [4.69, 9.17) is 0 Å². The lowest BCUT2D eigenvalue weighted by Crippen LogP contribution is -2.28. The van der Waals surface area contributed by atoms with Crippen molar-refractivity contribution in [2.24, 2.45) is 14.1 Å². The second kappa shape index (κ2) is 10.9. The van der Waals surface area contributed by atoms with Crippen LogP contribution in [0.4, 0.5) is 13.2 Å². The fourth-order valence-electron chi connectivity index (χ4n) is 2.68. The van der Waals surface area contributed by atoms with E-state index in [1.165, 1.54) is 11.7 Å². The molecular weight excluding hydrogens is 385 g/mol. The number of aryl methyl sites for hydroxylation is 3. The van der Waals surface area contributed by atoms with Crippen molar-refractivity contribution in [3.63, 3.8) is 0 Å². The molecule has 6 nitrogen and oxygen atoms in total. The first-order chi connectivity index (χ1) is 13.3. The highest BCUT2D eigenvalue weighted by atomic mass is 19.4. The Kier molecular flexibility index (Phi) is 10.00. The minimum Gasteiger partial charge on any atom is -0.267 e. The van der Waals surface area contributed by atoms with Gasteiger partial charge in [0.25, 0.3) is 11.1 Å². The van der Waals surface area contributed by atoms with Crippen molar-refractivity contribution in [1.82, 2.24) is 19.6 Å². The van der Waals surface area contributed by atoms with Crippen LogP contribution in [0.5, 0.6) is 0 Å².